The average Bonchev–Trinajstić information content (AvgIpc) is 2.99. The molecule has 9 heteroatoms. The summed E-state index contributed by atoms with van der Waals surface area (Å²) in [7, 11) is -8.79. The van der Waals surface area contributed by atoms with Gasteiger partial charge in [0.15, 0.2) is 0 Å². The summed E-state index contributed by atoms with van der Waals surface area (Å²) in [6.45, 7) is 4.45. The van der Waals surface area contributed by atoms with Crippen LogP contribution in [0.5, 0.6) is 0 Å². The van der Waals surface area contributed by atoms with E-state index in [2.05, 4.69) is 13.8 Å². The summed E-state index contributed by atoms with van der Waals surface area (Å²) in [5.74, 6) is 0. The second-order valence-corrected chi connectivity index (χ2v) is 14.0. The van der Waals surface area contributed by atoms with Gasteiger partial charge in [-0.1, -0.05) is 164 Å². The van der Waals surface area contributed by atoms with E-state index in [9.17, 15) is 25.9 Å². The minimum Gasteiger partial charge on any atom is -0.744 e. The van der Waals surface area contributed by atoms with Crippen molar-refractivity contribution in [2.24, 2.45) is 0 Å². The first-order valence-corrected chi connectivity index (χ1v) is 19.4. The fourth-order valence-corrected chi connectivity index (χ4v) is 6.24. The Balaban J connectivity index is 0.000000842. The molecule has 0 saturated carbocycles. The van der Waals surface area contributed by atoms with Crippen molar-refractivity contribution in [3.8, 4) is 0 Å². The number of allylic oxidation sites excluding steroid dienone is 2. The first kappa shape index (κ1) is 43.4. The molecule has 0 saturated heterocycles. The van der Waals surface area contributed by atoms with Crippen LogP contribution in [0.15, 0.2) is 70.5 Å². The predicted molar refractivity (Wildman–Crippen MR) is 181 cm³/mol. The molecule has 0 atom stereocenters. The summed E-state index contributed by atoms with van der Waals surface area (Å²) < 4.78 is 66.9. The summed E-state index contributed by atoms with van der Waals surface area (Å²) in [5, 5.41) is 0. The van der Waals surface area contributed by atoms with Crippen LogP contribution < -0.4 is 0 Å². The normalized spacial score (nSPS) is 11.8. The maximum Gasteiger partial charge on any atom is 2.00 e. The number of unbranched alkanes of at least 4 members (excludes halogenated alkanes) is 16. The summed E-state index contributed by atoms with van der Waals surface area (Å²) in [4.78, 5) is -0.274. The van der Waals surface area contributed by atoms with E-state index in [1.807, 2.05) is 12.2 Å². The van der Waals surface area contributed by atoms with Gasteiger partial charge in [0.2, 0.25) is 0 Å². The van der Waals surface area contributed by atoms with Gasteiger partial charge >= 0.3 is 19.5 Å². The molecular formula is C36H54O6S2Zn. The van der Waals surface area contributed by atoms with Crippen LogP contribution in [0.25, 0.3) is 12.2 Å². The van der Waals surface area contributed by atoms with Gasteiger partial charge in [0, 0.05) is 0 Å². The van der Waals surface area contributed by atoms with Crippen molar-refractivity contribution in [3.63, 3.8) is 0 Å². The van der Waals surface area contributed by atoms with Crippen molar-refractivity contribution in [2.75, 3.05) is 0 Å². The maximum atomic E-state index is 11.1. The quantitative estimate of drug-likeness (QED) is 0.0682. The Bertz CT molecular complexity index is 1200. The van der Waals surface area contributed by atoms with Crippen LogP contribution in [0.3, 0.4) is 0 Å². The van der Waals surface area contributed by atoms with Gasteiger partial charge in [0.25, 0.3) is 0 Å². The summed E-state index contributed by atoms with van der Waals surface area (Å²) in [6.07, 6.45) is 29.6. The molecule has 2 aromatic rings. The van der Waals surface area contributed by atoms with E-state index in [0.717, 1.165) is 25.7 Å². The third-order valence-corrected chi connectivity index (χ3v) is 9.24. The molecule has 0 fully saturated rings. The molecule has 248 valence electrons. The van der Waals surface area contributed by atoms with Crippen molar-refractivity contribution in [1.82, 2.24) is 0 Å². The molecule has 0 aliphatic carbocycles. The standard InChI is InChI=1S/2C18H28O3S.Zn/c2*1-2-3-4-5-6-7-8-9-10-11-14-17-15-12-13-16-18(17)22(19,20)21;/h2*11-16H,2-10H2,1H3,(H,19,20,21);/q;;+2/p-2/b2*14-11+;. The number of rotatable bonds is 22. The zero-order chi connectivity index (χ0) is 32.5. The third kappa shape index (κ3) is 21.7. The monoisotopic (exact) mass is 710 g/mol. The van der Waals surface area contributed by atoms with E-state index in [4.69, 9.17) is 0 Å². The van der Waals surface area contributed by atoms with Crippen LogP contribution in [-0.4, -0.2) is 25.9 Å². The molecular weight excluding hydrogens is 658 g/mol. The molecule has 0 heterocycles. The molecule has 0 spiro atoms. The maximum absolute atomic E-state index is 11.1. The van der Waals surface area contributed by atoms with E-state index in [1.165, 1.54) is 102 Å². The van der Waals surface area contributed by atoms with E-state index in [1.54, 1.807) is 48.6 Å². The first-order chi connectivity index (χ1) is 21.1. The Kier molecular flexibility index (Phi) is 25.5. The topological polar surface area (TPSA) is 114 Å². The van der Waals surface area contributed by atoms with Crippen molar-refractivity contribution >= 4 is 32.4 Å². The average molecular weight is 712 g/mol. The summed E-state index contributed by atoms with van der Waals surface area (Å²) >= 11 is 0. The predicted octanol–water partition coefficient (Wildman–Crippen LogP) is 10.3. The molecule has 6 nitrogen and oxygen atoms in total. The van der Waals surface area contributed by atoms with Gasteiger partial charge in [0.05, 0.1) is 9.79 Å². The minimum atomic E-state index is -4.40. The van der Waals surface area contributed by atoms with Crippen molar-refractivity contribution in [1.29, 1.82) is 0 Å². The van der Waals surface area contributed by atoms with Gasteiger partial charge in [-0.05, 0) is 48.9 Å². The smallest absolute Gasteiger partial charge is 0.744 e. The van der Waals surface area contributed by atoms with Gasteiger partial charge in [-0.15, -0.1) is 0 Å². The molecule has 2 rings (SSSR count). The van der Waals surface area contributed by atoms with Gasteiger partial charge in [0.1, 0.15) is 20.2 Å². The van der Waals surface area contributed by atoms with Crippen molar-refractivity contribution < 1.29 is 45.4 Å². The Morgan fingerprint density at radius 1 is 0.489 bits per heavy atom. The summed E-state index contributed by atoms with van der Waals surface area (Å²) in [6, 6.07) is 12.7. The van der Waals surface area contributed by atoms with Gasteiger partial charge < -0.3 is 9.11 Å². The number of hydrogen-bond donors (Lipinski definition) is 0. The fourth-order valence-electron chi connectivity index (χ4n) is 4.90. The molecule has 0 N–H and O–H groups in total. The molecule has 0 bridgehead atoms. The van der Waals surface area contributed by atoms with Crippen LogP contribution in [-0.2, 0) is 39.7 Å². The van der Waals surface area contributed by atoms with Gasteiger partial charge in [-0.2, -0.15) is 0 Å². The van der Waals surface area contributed by atoms with E-state index in [-0.39, 0.29) is 29.3 Å². The Morgan fingerprint density at radius 2 is 0.778 bits per heavy atom. The molecule has 45 heavy (non-hydrogen) atoms. The molecule has 2 aromatic carbocycles. The second kappa shape index (κ2) is 26.4. The van der Waals surface area contributed by atoms with Crippen molar-refractivity contribution in [3.05, 3.63) is 71.8 Å². The van der Waals surface area contributed by atoms with Crippen LogP contribution in [0.1, 0.15) is 141 Å². The largest absolute Gasteiger partial charge is 2.00 e. The van der Waals surface area contributed by atoms with Crippen LogP contribution >= 0.6 is 0 Å². The molecule has 0 aliphatic rings. The Hall–Kier alpha value is -1.64. The van der Waals surface area contributed by atoms with Gasteiger partial charge in [-0.25, -0.2) is 16.8 Å². The number of hydrogen-bond acceptors (Lipinski definition) is 6. The minimum absolute atomic E-state index is 0. The van der Waals surface area contributed by atoms with E-state index >= 15 is 0 Å². The fraction of sp³-hybridized carbons (Fsp3) is 0.556. The molecule has 0 amide bonds. The Labute approximate surface area is 287 Å². The zero-order valence-corrected chi connectivity index (χ0v) is 32.2. The van der Waals surface area contributed by atoms with E-state index < -0.39 is 20.2 Å². The summed E-state index contributed by atoms with van der Waals surface area (Å²) in [5.41, 5.74) is 0.967. The molecule has 0 radical (unpaired) electrons. The third-order valence-electron chi connectivity index (χ3n) is 7.42. The number of benzene rings is 2. The second-order valence-electron chi connectivity index (χ2n) is 11.3. The van der Waals surface area contributed by atoms with Crippen LogP contribution in [0.2, 0.25) is 0 Å². The zero-order valence-electron chi connectivity index (χ0n) is 27.6. The molecule has 0 aromatic heterocycles. The van der Waals surface area contributed by atoms with Crippen LogP contribution in [0.4, 0.5) is 0 Å². The SMILES string of the molecule is CCCCCCCCCC/C=C/c1ccccc1S(=O)(=O)[O-].CCCCCCCCCC/C=C/c1ccccc1S(=O)(=O)[O-].[Zn+2]. The van der Waals surface area contributed by atoms with Crippen LogP contribution in [0, 0.1) is 0 Å². The molecule has 0 aliphatic heterocycles. The Morgan fingerprint density at radius 3 is 1.09 bits per heavy atom. The van der Waals surface area contributed by atoms with E-state index in [0.29, 0.717) is 11.1 Å². The first-order valence-electron chi connectivity index (χ1n) is 16.5. The molecule has 0 unspecified atom stereocenters. The van der Waals surface area contributed by atoms with Crippen molar-refractivity contribution in [2.45, 2.75) is 139 Å². The van der Waals surface area contributed by atoms with Gasteiger partial charge in [-0.3, -0.25) is 0 Å².